The molecule has 20 heavy (non-hydrogen) atoms. The first-order valence-electron chi connectivity index (χ1n) is 7.67. The Morgan fingerprint density at radius 2 is 0.950 bits per heavy atom. The summed E-state index contributed by atoms with van der Waals surface area (Å²) < 4.78 is 0. The van der Waals surface area contributed by atoms with E-state index in [0.717, 1.165) is 0 Å². The van der Waals surface area contributed by atoms with Crippen LogP contribution in [0.3, 0.4) is 0 Å². The fourth-order valence-electron chi connectivity index (χ4n) is 2.36. The predicted molar refractivity (Wildman–Crippen MR) is 89.8 cm³/mol. The molecule has 0 aromatic heterocycles. The van der Waals surface area contributed by atoms with Crippen LogP contribution >= 0.6 is 0 Å². The van der Waals surface area contributed by atoms with Gasteiger partial charge < -0.3 is 0 Å². The van der Waals surface area contributed by atoms with Crippen LogP contribution < -0.4 is 0 Å². The summed E-state index contributed by atoms with van der Waals surface area (Å²) in [5.74, 6) is 0. The van der Waals surface area contributed by atoms with Crippen molar-refractivity contribution in [3.05, 3.63) is 70.8 Å². The van der Waals surface area contributed by atoms with Crippen molar-refractivity contribution < 1.29 is 0 Å². The molecule has 0 radical (unpaired) electrons. The van der Waals surface area contributed by atoms with Gasteiger partial charge in [0.1, 0.15) is 0 Å². The molecule has 0 heteroatoms. The molecule has 0 aliphatic heterocycles. The summed E-state index contributed by atoms with van der Waals surface area (Å²) >= 11 is 0. The van der Waals surface area contributed by atoms with Crippen LogP contribution in [0.2, 0.25) is 0 Å². The molecule has 0 atom stereocenters. The Morgan fingerprint density at radius 3 is 1.25 bits per heavy atom. The van der Waals surface area contributed by atoms with Crippen molar-refractivity contribution in [1.29, 1.82) is 0 Å². The van der Waals surface area contributed by atoms with Crippen molar-refractivity contribution in [3.8, 4) is 0 Å². The molecule has 0 nitrogen and oxygen atoms in total. The third kappa shape index (κ3) is 4.38. The maximum Gasteiger partial charge on any atom is -0.0256 e. The zero-order chi connectivity index (χ0) is 14.2. The van der Waals surface area contributed by atoms with Crippen LogP contribution in [0.15, 0.2) is 48.5 Å². The Hall–Kier alpha value is -1.82. The summed E-state index contributed by atoms with van der Waals surface area (Å²) in [6.45, 7) is 4.44. The Bertz CT molecular complexity index is 478. The first-order chi connectivity index (χ1) is 9.81. The van der Waals surface area contributed by atoms with Gasteiger partial charge in [-0.3, -0.25) is 0 Å². The fourth-order valence-corrected chi connectivity index (χ4v) is 2.36. The molecule has 0 unspecified atom stereocenters. The van der Waals surface area contributed by atoms with E-state index in [9.17, 15) is 0 Å². The Morgan fingerprint density at radius 1 is 0.600 bits per heavy atom. The molecule has 0 heterocycles. The normalized spacial score (nSPS) is 11.1. The summed E-state index contributed by atoms with van der Waals surface area (Å²) in [6, 6.07) is 17.7. The van der Waals surface area contributed by atoms with Gasteiger partial charge in [-0.1, -0.05) is 87.4 Å². The summed E-state index contributed by atoms with van der Waals surface area (Å²) in [6.07, 6.45) is 9.12. The second-order valence-electron chi connectivity index (χ2n) is 5.32. The third-order valence-corrected chi connectivity index (χ3v) is 3.51. The second-order valence-corrected chi connectivity index (χ2v) is 5.32. The Kier molecular flexibility index (Phi) is 5.61. The van der Waals surface area contributed by atoms with E-state index >= 15 is 0 Å². The van der Waals surface area contributed by atoms with Crippen LogP contribution in [0.1, 0.15) is 48.9 Å². The van der Waals surface area contributed by atoms with Gasteiger partial charge in [0.15, 0.2) is 0 Å². The lowest BCUT2D eigenvalue weighted by Gasteiger charge is -2.00. The number of hydrogen-bond acceptors (Lipinski definition) is 0. The van der Waals surface area contributed by atoms with Gasteiger partial charge in [-0.2, -0.15) is 0 Å². The van der Waals surface area contributed by atoms with Crippen molar-refractivity contribution in [3.63, 3.8) is 0 Å². The second kappa shape index (κ2) is 7.69. The van der Waals surface area contributed by atoms with E-state index in [1.807, 2.05) is 0 Å². The first kappa shape index (κ1) is 14.6. The molecular formula is C20H24. The summed E-state index contributed by atoms with van der Waals surface area (Å²) in [7, 11) is 0. The van der Waals surface area contributed by atoms with E-state index in [1.165, 1.54) is 47.9 Å². The predicted octanol–water partition coefficient (Wildman–Crippen LogP) is 5.76. The molecular weight excluding hydrogens is 240 g/mol. The van der Waals surface area contributed by atoms with Gasteiger partial charge in [-0.25, -0.2) is 0 Å². The Labute approximate surface area is 123 Å². The number of benzene rings is 2. The van der Waals surface area contributed by atoms with Crippen molar-refractivity contribution in [2.24, 2.45) is 0 Å². The molecule has 0 amide bonds. The highest BCUT2D eigenvalue weighted by Crippen LogP contribution is 2.12. The fraction of sp³-hybridized carbons (Fsp3) is 0.300. The van der Waals surface area contributed by atoms with E-state index in [-0.39, 0.29) is 0 Å². The van der Waals surface area contributed by atoms with Crippen LogP contribution in [0, 0.1) is 0 Å². The lowest BCUT2D eigenvalue weighted by atomic mass is 10.1. The molecule has 0 N–H and O–H groups in total. The topological polar surface area (TPSA) is 0 Å². The minimum atomic E-state index is 1.17. The summed E-state index contributed by atoms with van der Waals surface area (Å²) in [5, 5.41) is 0. The van der Waals surface area contributed by atoms with Crippen LogP contribution in [-0.2, 0) is 12.8 Å². The van der Waals surface area contributed by atoms with Crippen LogP contribution in [-0.4, -0.2) is 0 Å². The minimum Gasteiger partial charge on any atom is -0.0651 e. The molecule has 0 saturated carbocycles. The molecule has 2 aromatic rings. The minimum absolute atomic E-state index is 1.17. The zero-order valence-corrected chi connectivity index (χ0v) is 12.6. The molecule has 0 bridgehead atoms. The van der Waals surface area contributed by atoms with Crippen LogP contribution in [0.5, 0.6) is 0 Å². The highest BCUT2D eigenvalue weighted by atomic mass is 14.0. The number of hydrogen-bond donors (Lipinski definition) is 0. The molecule has 0 saturated heterocycles. The lowest BCUT2D eigenvalue weighted by Crippen LogP contribution is -1.83. The van der Waals surface area contributed by atoms with Gasteiger partial charge in [0.05, 0.1) is 0 Å². The molecule has 104 valence electrons. The standard InChI is InChI=1S/C20H24/c1-3-5-17-7-11-19(12-8-17)15-16-20-13-9-18(6-4-2)10-14-20/h7-16H,3-6H2,1-2H3/b16-15+. The van der Waals surface area contributed by atoms with Crippen LogP contribution in [0.25, 0.3) is 12.2 Å². The monoisotopic (exact) mass is 264 g/mol. The van der Waals surface area contributed by atoms with E-state index in [2.05, 4.69) is 74.5 Å². The van der Waals surface area contributed by atoms with Crippen molar-refractivity contribution in [2.45, 2.75) is 39.5 Å². The SMILES string of the molecule is CCCc1ccc(/C=C/c2ccc(CCC)cc2)cc1. The molecule has 0 fully saturated rings. The van der Waals surface area contributed by atoms with Crippen molar-refractivity contribution in [2.75, 3.05) is 0 Å². The van der Waals surface area contributed by atoms with Gasteiger partial charge in [0.25, 0.3) is 0 Å². The number of rotatable bonds is 6. The van der Waals surface area contributed by atoms with Gasteiger partial charge in [-0.05, 0) is 35.1 Å². The van der Waals surface area contributed by atoms with Crippen molar-refractivity contribution >= 4 is 12.2 Å². The van der Waals surface area contributed by atoms with Gasteiger partial charge in [-0.15, -0.1) is 0 Å². The molecule has 0 aliphatic rings. The van der Waals surface area contributed by atoms with Gasteiger partial charge in [0.2, 0.25) is 0 Å². The average Bonchev–Trinajstić information content (AvgIpc) is 2.49. The zero-order valence-electron chi connectivity index (χ0n) is 12.6. The van der Waals surface area contributed by atoms with Gasteiger partial charge in [0, 0.05) is 0 Å². The molecule has 2 rings (SSSR count). The maximum absolute atomic E-state index is 2.23. The van der Waals surface area contributed by atoms with E-state index in [4.69, 9.17) is 0 Å². The Balaban J connectivity index is 2.01. The van der Waals surface area contributed by atoms with Gasteiger partial charge >= 0.3 is 0 Å². The lowest BCUT2D eigenvalue weighted by molar-refractivity contribution is 0.921. The van der Waals surface area contributed by atoms with Crippen LogP contribution in [0.4, 0.5) is 0 Å². The first-order valence-corrected chi connectivity index (χ1v) is 7.67. The largest absolute Gasteiger partial charge is 0.0651 e. The highest BCUT2D eigenvalue weighted by Gasteiger charge is 1.93. The molecule has 0 spiro atoms. The molecule has 2 aromatic carbocycles. The smallest absolute Gasteiger partial charge is 0.0256 e. The summed E-state index contributed by atoms with van der Waals surface area (Å²) in [5.41, 5.74) is 5.38. The van der Waals surface area contributed by atoms with E-state index in [0.29, 0.717) is 0 Å². The van der Waals surface area contributed by atoms with Crippen molar-refractivity contribution in [1.82, 2.24) is 0 Å². The number of aryl methyl sites for hydroxylation is 2. The summed E-state index contributed by atoms with van der Waals surface area (Å²) in [4.78, 5) is 0. The maximum atomic E-state index is 2.23. The van der Waals surface area contributed by atoms with E-state index < -0.39 is 0 Å². The quantitative estimate of drug-likeness (QED) is 0.582. The highest BCUT2D eigenvalue weighted by molar-refractivity contribution is 5.69. The molecule has 0 aliphatic carbocycles. The average molecular weight is 264 g/mol. The van der Waals surface area contributed by atoms with E-state index in [1.54, 1.807) is 0 Å². The third-order valence-electron chi connectivity index (χ3n) is 3.51.